The van der Waals surface area contributed by atoms with E-state index >= 15 is 0 Å². The molecule has 0 aromatic carbocycles. The van der Waals surface area contributed by atoms with Gasteiger partial charge in [-0.25, -0.2) is 4.99 Å². The molecular weight excluding hydrogens is 182 g/mol. The molecule has 0 spiro atoms. The third-order valence-corrected chi connectivity index (χ3v) is 2.65. The van der Waals surface area contributed by atoms with Crippen molar-refractivity contribution in [1.29, 1.82) is 0 Å². The molecule has 1 saturated carbocycles. The number of aliphatic imine (C=N–C) groups is 1. The summed E-state index contributed by atoms with van der Waals surface area (Å²) in [7, 11) is 0. The van der Waals surface area contributed by atoms with E-state index in [9.17, 15) is 9.59 Å². The highest BCUT2D eigenvalue weighted by Crippen LogP contribution is 2.26. The van der Waals surface area contributed by atoms with Gasteiger partial charge in [-0.2, -0.15) is 0 Å². The minimum absolute atomic E-state index is 0.249. The molecule has 1 aliphatic carbocycles. The van der Waals surface area contributed by atoms with Crippen LogP contribution in [-0.4, -0.2) is 23.8 Å². The lowest BCUT2D eigenvalue weighted by Gasteiger charge is -2.03. The van der Waals surface area contributed by atoms with Crippen molar-refractivity contribution in [3.8, 4) is 0 Å². The zero-order valence-corrected chi connectivity index (χ0v) is 8.04. The van der Waals surface area contributed by atoms with Crippen LogP contribution in [0.5, 0.6) is 0 Å². The fraction of sp³-hybridized carbons (Fsp3) is 0.667. The lowest BCUT2D eigenvalue weighted by Crippen LogP contribution is -2.27. The van der Waals surface area contributed by atoms with Crippen LogP contribution in [-0.2, 0) is 9.59 Å². The molecule has 0 bridgehead atoms. The molecule has 5 heteroatoms. The van der Waals surface area contributed by atoms with Gasteiger partial charge in [-0.15, -0.1) is 0 Å². The Morgan fingerprint density at radius 2 is 1.86 bits per heavy atom. The van der Waals surface area contributed by atoms with Crippen molar-refractivity contribution in [3.05, 3.63) is 0 Å². The first kappa shape index (κ1) is 9.18. The molecule has 0 aromatic rings. The van der Waals surface area contributed by atoms with E-state index in [1.165, 1.54) is 6.42 Å². The van der Waals surface area contributed by atoms with E-state index in [4.69, 9.17) is 0 Å². The van der Waals surface area contributed by atoms with E-state index < -0.39 is 11.8 Å². The number of guanidine groups is 1. The first-order valence-corrected chi connectivity index (χ1v) is 4.85. The highest BCUT2D eigenvalue weighted by molar-refractivity contribution is 6.45. The Morgan fingerprint density at radius 1 is 1.21 bits per heavy atom. The summed E-state index contributed by atoms with van der Waals surface area (Å²) in [6, 6.07) is 0.249. The minimum Gasteiger partial charge on any atom is -0.288 e. The minimum atomic E-state index is -0.616. The molecule has 1 heterocycles. The molecule has 2 atom stereocenters. The van der Waals surface area contributed by atoms with Crippen LogP contribution in [0.3, 0.4) is 0 Å². The van der Waals surface area contributed by atoms with Crippen LogP contribution in [0.2, 0.25) is 0 Å². The lowest BCUT2D eigenvalue weighted by molar-refractivity contribution is -0.135. The first-order chi connectivity index (χ1) is 6.65. The van der Waals surface area contributed by atoms with Gasteiger partial charge < -0.3 is 0 Å². The van der Waals surface area contributed by atoms with Gasteiger partial charge in [-0.3, -0.25) is 20.2 Å². The summed E-state index contributed by atoms with van der Waals surface area (Å²) in [6.07, 6.45) is 3.25. The van der Waals surface area contributed by atoms with Gasteiger partial charge in [0.2, 0.25) is 5.96 Å². The molecule has 2 fully saturated rings. The standard InChI is InChI=1S/C9H13N3O2/c1-5-2-3-6(4-5)10-9-11-7(13)8(14)12-9/h5-6H,2-4H2,1H3,(H2,10,11,12,13,14). The molecule has 2 N–H and O–H groups in total. The number of nitrogens with zero attached hydrogens (tertiary/aromatic N) is 1. The quantitative estimate of drug-likeness (QED) is 0.568. The highest BCUT2D eigenvalue weighted by Gasteiger charge is 2.27. The average molecular weight is 195 g/mol. The molecule has 1 aliphatic heterocycles. The summed E-state index contributed by atoms with van der Waals surface area (Å²) in [4.78, 5) is 25.9. The largest absolute Gasteiger partial charge is 0.316 e. The molecule has 0 radical (unpaired) electrons. The van der Waals surface area contributed by atoms with Crippen LogP contribution in [0.15, 0.2) is 4.99 Å². The van der Waals surface area contributed by atoms with Crippen molar-refractivity contribution in [2.24, 2.45) is 10.9 Å². The fourth-order valence-corrected chi connectivity index (χ4v) is 1.90. The van der Waals surface area contributed by atoms with Gasteiger partial charge in [0.25, 0.3) is 0 Å². The van der Waals surface area contributed by atoms with Crippen molar-refractivity contribution >= 4 is 17.8 Å². The van der Waals surface area contributed by atoms with Gasteiger partial charge in [0.1, 0.15) is 0 Å². The summed E-state index contributed by atoms with van der Waals surface area (Å²) in [5.41, 5.74) is 0. The van der Waals surface area contributed by atoms with Gasteiger partial charge >= 0.3 is 11.8 Å². The van der Waals surface area contributed by atoms with E-state index in [1.54, 1.807) is 0 Å². The molecule has 2 amide bonds. The van der Waals surface area contributed by atoms with Crippen molar-refractivity contribution in [1.82, 2.24) is 10.6 Å². The molecule has 2 rings (SSSR count). The number of carbonyl (C=O) groups excluding carboxylic acids is 2. The van der Waals surface area contributed by atoms with Crippen LogP contribution in [0, 0.1) is 5.92 Å². The number of amides is 2. The Kier molecular flexibility index (Phi) is 2.23. The summed E-state index contributed by atoms with van der Waals surface area (Å²) in [5.74, 6) is -0.221. The number of hydrogen-bond acceptors (Lipinski definition) is 3. The Hall–Kier alpha value is -1.39. The highest BCUT2D eigenvalue weighted by atomic mass is 16.2. The number of carbonyl (C=O) groups is 2. The summed E-state index contributed by atoms with van der Waals surface area (Å²) < 4.78 is 0. The van der Waals surface area contributed by atoms with Crippen molar-refractivity contribution in [2.45, 2.75) is 32.2 Å². The normalized spacial score (nSPS) is 31.6. The maximum absolute atomic E-state index is 10.8. The Labute approximate surface area is 82.0 Å². The van der Waals surface area contributed by atoms with E-state index in [0.717, 1.165) is 12.8 Å². The second-order valence-electron chi connectivity index (χ2n) is 3.96. The summed E-state index contributed by atoms with van der Waals surface area (Å²) in [5, 5.41) is 4.79. The second-order valence-corrected chi connectivity index (χ2v) is 3.96. The molecule has 5 nitrogen and oxygen atoms in total. The maximum atomic E-state index is 10.8. The van der Waals surface area contributed by atoms with E-state index in [2.05, 4.69) is 22.5 Å². The third-order valence-electron chi connectivity index (χ3n) is 2.65. The fourth-order valence-electron chi connectivity index (χ4n) is 1.90. The van der Waals surface area contributed by atoms with Crippen LogP contribution in [0.1, 0.15) is 26.2 Å². The van der Waals surface area contributed by atoms with Crippen LogP contribution < -0.4 is 10.6 Å². The van der Waals surface area contributed by atoms with Crippen molar-refractivity contribution in [3.63, 3.8) is 0 Å². The second kappa shape index (κ2) is 3.40. The Bertz CT molecular complexity index is 293. The van der Waals surface area contributed by atoms with Gasteiger partial charge in [-0.1, -0.05) is 6.92 Å². The Morgan fingerprint density at radius 3 is 2.36 bits per heavy atom. The van der Waals surface area contributed by atoms with Crippen LogP contribution in [0.25, 0.3) is 0 Å². The average Bonchev–Trinajstić information content (AvgIpc) is 2.62. The van der Waals surface area contributed by atoms with Gasteiger partial charge in [0.15, 0.2) is 0 Å². The van der Waals surface area contributed by atoms with E-state index in [-0.39, 0.29) is 6.04 Å². The predicted octanol–water partition coefficient (Wildman–Crippen LogP) is -0.223. The van der Waals surface area contributed by atoms with Crippen molar-refractivity contribution in [2.75, 3.05) is 0 Å². The molecule has 14 heavy (non-hydrogen) atoms. The van der Waals surface area contributed by atoms with E-state index in [0.29, 0.717) is 11.9 Å². The molecule has 1 saturated heterocycles. The zero-order valence-electron chi connectivity index (χ0n) is 8.04. The molecule has 2 aliphatic rings. The smallest absolute Gasteiger partial charge is 0.288 e. The summed E-state index contributed by atoms with van der Waals surface area (Å²) in [6.45, 7) is 2.19. The third kappa shape index (κ3) is 1.76. The lowest BCUT2D eigenvalue weighted by atomic mass is 10.1. The summed E-state index contributed by atoms with van der Waals surface area (Å²) >= 11 is 0. The van der Waals surface area contributed by atoms with Gasteiger partial charge in [0.05, 0.1) is 6.04 Å². The molecule has 76 valence electrons. The topological polar surface area (TPSA) is 70.6 Å². The number of hydrogen-bond donors (Lipinski definition) is 2. The maximum Gasteiger partial charge on any atom is 0.316 e. The van der Waals surface area contributed by atoms with Crippen LogP contribution >= 0.6 is 0 Å². The number of nitrogens with one attached hydrogen (secondary N) is 2. The monoisotopic (exact) mass is 195 g/mol. The first-order valence-electron chi connectivity index (χ1n) is 4.85. The predicted molar refractivity (Wildman–Crippen MR) is 50.5 cm³/mol. The van der Waals surface area contributed by atoms with Crippen molar-refractivity contribution < 1.29 is 9.59 Å². The van der Waals surface area contributed by atoms with Crippen LogP contribution in [0.4, 0.5) is 0 Å². The van der Waals surface area contributed by atoms with E-state index in [1.807, 2.05) is 0 Å². The SMILES string of the molecule is CC1CCC(N=C2NC(=O)C(=O)N2)C1. The van der Waals surface area contributed by atoms with Gasteiger partial charge in [-0.05, 0) is 25.2 Å². The Balaban J connectivity index is 1.99. The number of rotatable bonds is 1. The zero-order chi connectivity index (χ0) is 10.1. The molecular formula is C9H13N3O2. The van der Waals surface area contributed by atoms with Gasteiger partial charge in [0, 0.05) is 0 Å². The molecule has 2 unspecified atom stereocenters. The molecule has 0 aromatic heterocycles.